The topological polar surface area (TPSA) is 53.4 Å². The van der Waals surface area contributed by atoms with Gasteiger partial charge in [-0.3, -0.25) is 0 Å². The molecule has 1 N–H and O–H groups in total. The molecule has 0 aliphatic rings. The fourth-order valence-electron chi connectivity index (χ4n) is 1.30. The molecule has 1 aromatic heterocycles. The Hall–Kier alpha value is -1.55. The number of anilines is 1. The lowest BCUT2D eigenvalue weighted by Gasteiger charge is -2.20. The summed E-state index contributed by atoms with van der Waals surface area (Å²) < 4.78 is 0. The Morgan fingerprint density at radius 1 is 1.75 bits per heavy atom. The first-order valence-electron chi connectivity index (χ1n) is 4.84. The molecule has 0 aliphatic heterocycles. The summed E-state index contributed by atoms with van der Waals surface area (Å²) >= 11 is 5.73. The summed E-state index contributed by atoms with van der Waals surface area (Å²) in [6.45, 7) is 6.93. The summed E-state index contributed by atoms with van der Waals surface area (Å²) in [5.41, 5.74) is 0.0641. The van der Waals surface area contributed by atoms with Crippen LogP contribution in [0.25, 0.3) is 0 Å². The van der Waals surface area contributed by atoms with Crippen molar-refractivity contribution in [3.05, 3.63) is 35.5 Å². The van der Waals surface area contributed by atoms with Gasteiger partial charge in [0.15, 0.2) is 0 Å². The number of likely N-dealkylation sites (N-methyl/N-ethyl adjacent to an activating group) is 1. The van der Waals surface area contributed by atoms with Crippen molar-refractivity contribution in [1.82, 2.24) is 4.98 Å². The van der Waals surface area contributed by atoms with Crippen LogP contribution in [0.1, 0.15) is 17.3 Å². The van der Waals surface area contributed by atoms with Gasteiger partial charge >= 0.3 is 5.97 Å². The number of hydrogen-bond acceptors (Lipinski definition) is 3. The van der Waals surface area contributed by atoms with Gasteiger partial charge in [-0.05, 0) is 13.0 Å². The number of halogens is 1. The van der Waals surface area contributed by atoms with Crippen LogP contribution in [-0.2, 0) is 0 Å². The van der Waals surface area contributed by atoms with Crippen LogP contribution in [0.15, 0.2) is 24.9 Å². The van der Waals surface area contributed by atoms with Gasteiger partial charge in [0.05, 0.1) is 10.6 Å². The molecule has 16 heavy (non-hydrogen) atoms. The maximum absolute atomic E-state index is 10.9. The fraction of sp³-hybridized carbons (Fsp3) is 0.273. The number of aromatic nitrogens is 1. The first kappa shape index (κ1) is 12.5. The number of nitrogens with zero attached hydrogens (tertiary/aromatic N) is 2. The number of aromatic carboxylic acids is 1. The standard InChI is InChI=1S/C11H13ClN2O2/c1-3-5-14(4-2)10-6-8(11(15)16)9(12)7-13-10/h3,6-7H,1,4-5H2,2H3,(H,15,16). The summed E-state index contributed by atoms with van der Waals surface area (Å²) in [6.07, 6.45) is 3.09. The van der Waals surface area contributed by atoms with E-state index in [-0.39, 0.29) is 10.6 Å². The van der Waals surface area contributed by atoms with Crippen molar-refractivity contribution in [1.29, 1.82) is 0 Å². The third-order valence-corrected chi connectivity index (χ3v) is 2.43. The molecule has 0 radical (unpaired) electrons. The molecular weight excluding hydrogens is 228 g/mol. The van der Waals surface area contributed by atoms with E-state index in [2.05, 4.69) is 11.6 Å². The molecule has 0 atom stereocenters. The molecule has 0 aliphatic carbocycles. The van der Waals surface area contributed by atoms with E-state index in [1.165, 1.54) is 12.3 Å². The van der Waals surface area contributed by atoms with Crippen molar-refractivity contribution < 1.29 is 9.90 Å². The molecule has 5 heteroatoms. The highest BCUT2D eigenvalue weighted by Gasteiger charge is 2.12. The van der Waals surface area contributed by atoms with E-state index in [0.29, 0.717) is 12.4 Å². The van der Waals surface area contributed by atoms with Gasteiger partial charge in [0, 0.05) is 19.3 Å². The molecule has 0 amide bonds. The highest BCUT2D eigenvalue weighted by atomic mass is 35.5. The van der Waals surface area contributed by atoms with Crippen LogP contribution in [0.4, 0.5) is 5.82 Å². The second kappa shape index (κ2) is 5.51. The minimum Gasteiger partial charge on any atom is -0.478 e. The third kappa shape index (κ3) is 2.73. The van der Waals surface area contributed by atoms with Crippen LogP contribution >= 0.6 is 11.6 Å². The van der Waals surface area contributed by atoms with E-state index < -0.39 is 5.97 Å². The SMILES string of the molecule is C=CCN(CC)c1cc(C(=O)O)c(Cl)cn1. The summed E-state index contributed by atoms with van der Waals surface area (Å²) in [5.74, 6) is -0.465. The zero-order chi connectivity index (χ0) is 12.1. The summed E-state index contributed by atoms with van der Waals surface area (Å²) in [5, 5.41) is 9.07. The molecule has 86 valence electrons. The van der Waals surface area contributed by atoms with Crippen LogP contribution < -0.4 is 4.90 Å². The van der Waals surface area contributed by atoms with Gasteiger partial charge in [-0.1, -0.05) is 17.7 Å². The lowest BCUT2D eigenvalue weighted by Crippen LogP contribution is -2.23. The number of hydrogen-bond donors (Lipinski definition) is 1. The monoisotopic (exact) mass is 240 g/mol. The van der Waals surface area contributed by atoms with E-state index in [9.17, 15) is 4.79 Å². The normalized spacial score (nSPS) is 9.88. The fourth-order valence-corrected chi connectivity index (χ4v) is 1.49. The predicted molar refractivity (Wildman–Crippen MR) is 64.3 cm³/mol. The van der Waals surface area contributed by atoms with Crippen LogP contribution in [0.3, 0.4) is 0 Å². The number of carbonyl (C=O) groups is 1. The summed E-state index contributed by atoms with van der Waals surface area (Å²) in [7, 11) is 0. The van der Waals surface area contributed by atoms with Crippen molar-refractivity contribution >= 4 is 23.4 Å². The Morgan fingerprint density at radius 2 is 2.44 bits per heavy atom. The number of pyridine rings is 1. The van der Waals surface area contributed by atoms with Gasteiger partial charge in [-0.25, -0.2) is 9.78 Å². The van der Waals surface area contributed by atoms with Gasteiger partial charge in [0.2, 0.25) is 0 Å². The Labute approximate surface area is 99.2 Å². The lowest BCUT2D eigenvalue weighted by molar-refractivity contribution is 0.0697. The minimum atomic E-state index is -1.05. The Kier molecular flexibility index (Phi) is 4.31. The first-order chi connectivity index (χ1) is 7.60. The Morgan fingerprint density at radius 3 is 2.94 bits per heavy atom. The van der Waals surface area contributed by atoms with Crippen molar-refractivity contribution in [2.75, 3.05) is 18.0 Å². The van der Waals surface area contributed by atoms with Gasteiger partial charge in [0.25, 0.3) is 0 Å². The van der Waals surface area contributed by atoms with Crippen molar-refractivity contribution in [2.24, 2.45) is 0 Å². The van der Waals surface area contributed by atoms with E-state index in [1.54, 1.807) is 6.08 Å². The smallest absolute Gasteiger partial charge is 0.337 e. The van der Waals surface area contributed by atoms with Gasteiger partial charge in [0.1, 0.15) is 5.82 Å². The molecule has 0 spiro atoms. The van der Waals surface area contributed by atoms with E-state index in [4.69, 9.17) is 16.7 Å². The molecule has 1 aromatic rings. The largest absolute Gasteiger partial charge is 0.478 e. The Balaban J connectivity index is 3.10. The minimum absolute atomic E-state index is 0.0641. The highest BCUT2D eigenvalue weighted by molar-refractivity contribution is 6.33. The summed E-state index contributed by atoms with van der Waals surface area (Å²) in [6, 6.07) is 1.47. The quantitative estimate of drug-likeness (QED) is 0.804. The van der Waals surface area contributed by atoms with E-state index >= 15 is 0 Å². The van der Waals surface area contributed by atoms with Crippen LogP contribution in [0.5, 0.6) is 0 Å². The highest BCUT2D eigenvalue weighted by Crippen LogP contribution is 2.20. The molecule has 1 rings (SSSR count). The van der Waals surface area contributed by atoms with E-state index in [1.807, 2.05) is 11.8 Å². The molecule has 0 unspecified atom stereocenters. The molecule has 1 heterocycles. The van der Waals surface area contributed by atoms with Crippen molar-refractivity contribution in [2.45, 2.75) is 6.92 Å². The maximum atomic E-state index is 10.9. The van der Waals surface area contributed by atoms with Crippen LogP contribution in [0.2, 0.25) is 5.02 Å². The molecule has 0 saturated heterocycles. The summed E-state index contributed by atoms with van der Waals surface area (Å²) in [4.78, 5) is 16.9. The molecule has 0 aromatic carbocycles. The maximum Gasteiger partial charge on any atom is 0.337 e. The average Bonchev–Trinajstić information content (AvgIpc) is 2.26. The average molecular weight is 241 g/mol. The van der Waals surface area contributed by atoms with Crippen LogP contribution in [0, 0.1) is 0 Å². The second-order valence-corrected chi connectivity index (χ2v) is 3.56. The number of carboxylic acid groups (broad SMARTS) is 1. The second-order valence-electron chi connectivity index (χ2n) is 3.15. The van der Waals surface area contributed by atoms with Crippen LogP contribution in [-0.4, -0.2) is 29.1 Å². The molecule has 0 fully saturated rings. The number of rotatable bonds is 5. The zero-order valence-corrected chi connectivity index (χ0v) is 9.74. The van der Waals surface area contributed by atoms with Gasteiger partial charge in [-0.2, -0.15) is 0 Å². The molecule has 0 saturated carbocycles. The van der Waals surface area contributed by atoms with E-state index in [0.717, 1.165) is 6.54 Å². The van der Waals surface area contributed by atoms with Crippen molar-refractivity contribution in [3.63, 3.8) is 0 Å². The van der Waals surface area contributed by atoms with Gasteiger partial charge < -0.3 is 10.0 Å². The van der Waals surface area contributed by atoms with Gasteiger partial charge in [-0.15, -0.1) is 6.58 Å². The Bertz CT molecular complexity index is 407. The molecule has 4 nitrogen and oxygen atoms in total. The van der Waals surface area contributed by atoms with Crippen molar-refractivity contribution in [3.8, 4) is 0 Å². The zero-order valence-electron chi connectivity index (χ0n) is 8.98. The third-order valence-electron chi connectivity index (χ3n) is 2.13. The predicted octanol–water partition coefficient (Wildman–Crippen LogP) is 2.45. The lowest BCUT2D eigenvalue weighted by atomic mass is 10.2. The molecule has 0 bridgehead atoms. The first-order valence-corrected chi connectivity index (χ1v) is 5.22. The molecular formula is C11H13ClN2O2. The number of carboxylic acids is 1.